The lowest BCUT2D eigenvalue weighted by Gasteiger charge is -2.10. The van der Waals surface area contributed by atoms with Crippen LogP contribution in [0, 0.1) is 0 Å². The highest BCUT2D eigenvalue weighted by Gasteiger charge is 2.35. The minimum Gasteiger partial charge on any atom is -0.370 e. The number of ether oxygens (including phenoxy) is 1. The molecule has 8 heteroatoms. The Hall–Kier alpha value is -1.21. The van der Waals surface area contributed by atoms with Crippen molar-refractivity contribution in [3.8, 4) is 0 Å². The molecule has 1 fully saturated rings. The SMILES string of the molecule is O=S(=O)(Cc1cc(Cc2nc(Cl)nc3c2COC3)ccc1Cl)C1CC1. The van der Waals surface area contributed by atoms with Crippen LogP contribution in [0.2, 0.25) is 10.3 Å². The van der Waals surface area contributed by atoms with E-state index < -0.39 is 9.84 Å². The second-order valence-electron chi connectivity index (χ2n) is 6.47. The van der Waals surface area contributed by atoms with Crippen molar-refractivity contribution in [2.24, 2.45) is 0 Å². The second kappa shape index (κ2) is 6.50. The van der Waals surface area contributed by atoms with Crippen LogP contribution in [-0.2, 0) is 40.0 Å². The molecule has 0 unspecified atom stereocenters. The normalized spacial score (nSPS) is 16.9. The molecule has 1 aromatic heterocycles. The molecule has 1 aliphatic carbocycles. The lowest BCUT2D eigenvalue weighted by molar-refractivity contribution is 0.133. The smallest absolute Gasteiger partial charge is 0.222 e. The molecule has 0 amide bonds. The van der Waals surface area contributed by atoms with Gasteiger partial charge in [0.25, 0.3) is 0 Å². The number of rotatable bonds is 5. The second-order valence-corrected chi connectivity index (χ2v) is 9.49. The maximum atomic E-state index is 12.3. The monoisotopic (exact) mass is 398 g/mol. The summed E-state index contributed by atoms with van der Waals surface area (Å²) in [6, 6.07) is 5.47. The molecule has 0 bridgehead atoms. The first-order valence-electron chi connectivity index (χ1n) is 8.03. The van der Waals surface area contributed by atoms with Crippen LogP contribution in [0.15, 0.2) is 18.2 Å². The average Bonchev–Trinajstić information content (AvgIpc) is 3.31. The molecule has 2 aliphatic rings. The fourth-order valence-corrected chi connectivity index (χ4v) is 5.26. The highest BCUT2D eigenvalue weighted by Crippen LogP contribution is 2.33. The Morgan fingerprint density at radius 2 is 1.96 bits per heavy atom. The first kappa shape index (κ1) is 17.2. The van der Waals surface area contributed by atoms with Gasteiger partial charge in [0.05, 0.1) is 35.6 Å². The summed E-state index contributed by atoms with van der Waals surface area (Å²) in [4.78, 5) is 8.52. The van der Waals surface area contributed by atoms with Crippen LogP contribution in [0.5, 0.6) is 0 Å². The molecule has 0 atom stereocenters. The van der Waals surface area contributed by atoms with Gasteiger partial charge in [0.2, 0.25) is 5.28 Å². The van der Waals surface area contributed by atoms with Crippen molar-refractivity contribution in [2.45, 2.75) is 43.5 Å². The fraction of sp³-hybridized carbons (Fsp3) is 0.412. The van der Waals surface area contributed by atoms with Gasteiger partial charge in [-0.2, -0.15) is 0 Å². The lowest BCUT2D eigenvalue weighted by Crippen LogP contribution is -2.10. The summed E-state index contributed by atoms with van der Waals surface area (Å²) in [6.45, 7) is 0.911. The molecule has 0 radical (unpaired) electrons. The van der Waals surface area contributed by atoms with Gasteiger partial charge in [0.15, 0.2) is 9.84 Å². The van der Waals surface area contributed by atoms with Gasteiger partial charge in [-0.25, -0.2) is 18.4 Å². The van der Waals surface area contributed by atoms with Crippen LogP contribution in [0.1, 0.15) is 40.9 Å². The molecular weight excluding hydrogens is 383 g/mol. The lowest BCUT2D eigenvalue weighted by atomic mass is 10.0. The number of halogens is 2. The average molecular weight is 399 g/mol. The number of fused-ring (bicyclic) bond motifs is 1. The van der Waals surface area contributed by atoms with E-state index >= 15 is 0 Å². The topological polar surface area (TPSA) is 69.2 Å². The van der Waals surface area contributed by atoms with Crippen molar-refractivity contribution >= 4 is 33.0 Å². The van der Waals surface area contributed by atoms with Crippen LogP contribution >= 0.6 is 23.2 Å². The molecule has 132 valence electrons. The largest absolute Gasteiger partial charge is 0.370 e. The molecule has 0 spiro atoms. The van der Waals surface area contributed by atoms with Gasteiger partial charge in [-0.1, -0.05) is 23.7 Å². The Balaban J connectivity index is 1.63. The van der Waals surface area contributed by atoms with Crippen molar-refractivity contribution in [2.75, 3.05) is 0 Å². The van der Waals surface area contributed by atoms with E-state index in [1.807, 2.05) is 12.1 Å². The maximum Gasteiger partial charge on any atom is 0.222 e. The van der Waals surface area contributed by atoms with Crippen molar-refractivity contribution in [3.05, 3.63) is 56.6 Å². The quantitative estimate of drug-likeness (QED) is 0.720. The summed E-state index contributed by atoms with van der Waals surface area (Å²) in [7, 11) is -3.12. The van der Waals surface area contributed by atoms with Gasteiger partial charge in [-0.3, -0.25) is 0 Å². The van der Waals surface area contributed by atoms with E-state index in [4.69, 9.17) is 27.9 Å². The minimum atomic E-state index is -3.12. The first-order valence-corrected chi connectivity index (χ1v) is 10.5. The Bertz CT molecular complexity index is 943. The highest BCUT2D eigenvalue weighted by atomic mass is 35.5. The van der Waals surface area contributed by atoms with Gasteiger partial charge in [-0.15, -0.1) is 0 Å². The van der Waals surface area contributed by atoms with Gasteiger partial charge in [-0.05, 0) is 41.6 Å². The highest BCUT2D eigenvalue weighted by molar-refractivity contribution is 7.91. The zero-order chi connectivity index (χ0) is 17.6. The number of aromatic nitrogens is 2. The predicted octanol–water partition coefficient (Wildman–Crippen LogP) is 3.48. The van der Waals surface area contributed by atoms with E-state index in [0.29, 0.717) is 30.2 Å². The van der Waals surface area contributed by atoms with E-state index in [1.165, 1.54) is 0 Å². The Morgan fingerprint density at radius 1 is 1.16 bits per heavy atom. The van der Waals surface area contributed by atoms with Crippen molar-refractivity contribution in [1.82, 2.24) is 9.97 Å². The molecule has 2 heterocycles. The molecule has 0 N–H and O–H groups in total. The molecular formula is C17H16Cl2N2O3S. The molecule has 2 aromatic rings. The predicted molar refractivity (Wildman–Crippen MR) is 95.4 cm³/mol. The summed E-state index contributed by atoms with van der Waals surface area (Å²) >= 11 is 12.2. The number of hydrogen-bond donors (Lipinski definition) is 0. The summed E-state index contributed by atoms with van der Waals surface area (Å²) in [5, 5.41) is 0.473. The van der Waals surface area contributed by atoms with Crippen molar-refractivity contribution in [1.29, 1.82) is 0 Å². The molecule has 0 saturated heterocycles. The van der Waals surface area contributed by atoms with E-state index in [0.717, 1.165) is 35.4 Å². The summed E-state index contributed by atoms with van der Waals surface area (Å²) in [6.07, 6.45) is 2.04. The van der Waals surface area contributed by atoms with Crippen molar-refractivity contribution in [3.63, 3.8) is 0 Å². The third-order valence-electron chi connectivity index (χ3n) is 4.51. The molecule has 1 saturated carbocycles. The number of benzene rings is 1. The van der Waals surface area contributed by atoms with E-state index in [2.05, 4.69) is 9.97 Å². The van der Waals surface area contributed by atoms with Crippen LogP contribution in [0.4, 0.5) is 0 Å². The maximum absolute atomic E-state index is 12.3. The number of hydrogen-bond acceptors (Lipinski definition) is 5. The molecule has 1 aromatic carbocycles. The zero-order valence-electron chi connectivity index (χ0n) is 13.3. The Kier molecular flexibility index (Phi) is 4.48. The zero-order valence-corrected chi connectivity index (χ0v) is 15.7. The van der Waals surface area contributed by atoms with Crippen LogP contribution in [0.3, 0.4) is 0 Å². The Morgan fingerprint density at radius 3 is 2.72 bits per heavy atom. The van der Waals surface area contributed by atoms with Crippen LogP contribution in [0.25, 0.3) is 0 Å². The first-order chi connectivity index (χ1) is 11.9. The van der Waals surface area contributed by atoms with Crippen LogP contribution < -0.4 is 0 Å². The van der Waals surface area contributed by atoms with Crippen LogP contribution in [-0.4, -0.2) is 23.6 Å². The minimum absolute atomic E-state index is 0.0178. The van der Waals surface area contributed by atoms with E-state index in [9.17, 15) is 8.42 Å². The molecule has 5 nitrogen and oxygen atoms in total. The van der Waals surface area contributed by atoms with Gasteiger partial charge >= 0.3 is 0 Å². The summed E-state index contributed by atoms with van der Waals surface area (Å²) < 4.78 is 30.0. The number of nitrogens with zero attached hydrogens (tertiary/aromatic N) is 2. The molecule has 4 rings (SSSR count). The Labute approximate surface area is 156 Å². The standard InChI is InChI=1S/C17H16Cl2N2O3S/c18-14-4-1-10(5-11(14)9-25(22,23)12-2-3-12)6-15-13-7-24-8-16(13)21-17(19)20-15/h1,4-5,12H,2-3,6-9H2. The van der Waals surface area contributed by atoms with Crippen molar-refractivity contribution < 1.29 is 13.2 Å². The third kappa shape index (κ3) is 3.67. The van der Waals surface area contributed by atoms with Gasteiger partial charge in [0, 0.05) is 17.0 Å². The summed E-state index contributed by atoms with van der Waals surface area (Å²) in [5.74, 6) is -0.0178. The molecule has 1 aliphatic heterocycles. The number of sulfone groups is 1. The van der Waals surface area contributed by atoms with Gasteiger partial charge < -0.3 is 4.74 Å². The molecule has 25 heavy (non-hydrogen) atoms. The van der Waals surface area contributed by atoms with E-state index in [1.54, 1.807) is 6.07 Å². The third-order valence-corrected chi connectivity index (χ3v) is 7.25. The summed E-state index contributed by atoms with van der Waals surface area (Å²) in [5.41, 5.74) is 4.17. The van der Waals surface area contributed by atoms with Gasteiger partial charge in [0.1, 0.15) is 0 Å². The fourth-order valence-electron chi connectivity index (χ4n) is 3.03. The van der Waals surface area contributed by atoms with E-state index in [-0.39, 0.29) is 16.3 Å².